The maximum absolute atomic E-state index is 14.8. The first-order chi connectivity index (χ1) is 28.4. The number of carbonyl (C=O) groups excluding carboxylic acids is 4. The van der Waals surface area contributed by atoms with Crippen molar-refractivity contribution >= 4 is 44.6 Å². The number of methoxy groups -OCH3 is 1. The Hall–Kier alpha value is -5.32. The summed E-state index contributed by atoms with van der Waals surface area (Å²) in [7, 11) is -2.61. The second-order valence-electron chi connectivity index (χ2n) is 16.4. The second kappa shape index (κ2) is 16.4. The summed E-state index contributed by atoms with van der Waals surface area (Å²) in [5.41, 5.74) is -1.40. The summed E-state index contributed by atoms with van der Waals surface area (Å²) < 4.78 is 55.2. The second-order valence-corrected chi connectivity index (χ2v) is 18.4. The molecule has 15 nitrogen and oxygen atoms in total. The number of rotatable bonds is 8. The van der Waals surface area contributed by atoms with Crippen molar-refractivity contribution in [3.05, 3.63) is 70.9 Å². The molecule has 17 heteroatoms. The van der Waals surface area contributed by atoms with Crippen LogP contribution in [0.5, 0.6) is 5.75 Å². The van der Waals surface area contributed by atoms with Crippen molar-refractivity contribution in [2.75, 3.05) is 13.7 Å². The first kappa shape index (κ1) is 40.5. The Bertz CT molecular complexity index is 2360. The highest BCUT2D eigenvalue weighted by Gasteiger charge is 2.62. The van der Waals surface area contributed by atoms with E-state index in [1.54, 1.807) is 30.3 Å². The van der Waals surface area contributed by atoms with Gasteiger partial charge in [0.1, 0.15) is 29.5 Å². The lowest BCUT2D eigenvalue weighted by Crippen LogP contribution is -2.58. The van der Waals surface area contributed by atoms with Crippen LogP contribution in [0, 0.1) is 11.7 Å². The van der Waals surface area contributed by atoms with Crippen LogP contribution >= 0.6 is 0 Å². The van der Waals surface area contributed by atoms with Gasteiger partial charge in [0.05, 0.1) is 30.2 Å². The van der Waals surface area contributed by atoms with Gasteiger partial charge in [0.15, 0.2) is 5.75 Å². The van der Waals surface area contributed by atoms with Crippen LogP contribution in [-0.2, 0) is 29.1 Å². The molecule has 2 aliphatic heterocycles. The van der Waals surface area contributed by atoms with Gasteiger partial charge in [-0.2, -0.15) is 5.10 Å². The minimum atomic E-state index is -3.95. The summed E-state index contributed by atoms with van der Waals surface area (Å²) >= 11 is 0. The Balaban J connectivity index is 1.13. The molecule has 314 valence electrons. The van der Waals surface area contributed by atoms with Gasteiger partial charge < -0.3 is 25.0 Å². The molecule has 59 heavy (non-hydrogen) atoms. The molecule has 4 fully saturated rings. The number of hydrogen-bond acceptors (Lipinski definition) is 10. The number of sulfonamides is 1. The van der Waals surface area contributed by atoms with Crippen LogP contribution in [0.15, 0.2) is 59.5 Å². The van der Waals surface area contributed by atoms with E-state index in [1.807, 2.05) is 12.2 Å². The number of amides is 4. The number of aromatic nitrogens is 2. The fraction of sp³-hybridized carbons (Fsp3) is 0.524. The first-order valence-corrected chi connectivity index (χ1v) is 22.1. The number of carbonyl (C=O) groups is 4. The molecule has 0 bridgehead atoms. The van der Waals surface area contributed by atoms with Crippen molar-refractivity contribution in [3.63, 3.8) is 0 Å². The number of hydrogen-bond donors (Lipinski definition) is 3. The normalized spacial score (nSPS) is 27.1. The lowest BCUT2D eigenvalue weighted by Gasteiger charge is -2.30. The van der Waals surface area contributed by atoms with Crippen LogP contribution in [0.25, 0.3) is 21.9 Å². The van der Waals surface area contributed by atoms with E-state index in [0.717, 1.165) is 43.2 Å². The van der Waals surface area contributed by atoms with Crippen molar-refractivity contribution in [2.45, 2.75) is 118 Å². The molecule has 3 saturated carbocycles. The van der Waals surface area contributed by atoms with E-state index in [9.17, 15) is 36.8 Å². The standard InChI is InChI=1S/C42H49FN6O9S/c1-57-36-32(30-14-9-16-31-29(30)15-10-17-33(31)43)23-44-49(39(36)52)26-21-35-37(50)46-42(40(53)47-59(55,56)28-19-20-28)22-25(42)11-5-3-2-4-6-18-34(38(51)48(35)24-26)45-41(54)58-27-12-7-8-13-27/h5,9-11,14-17,23,25-28,34-35H,2-4,6-8,12-13,18-22,24H2,1H3,(H,45,54)(H,46,50)(H,47,53)/b11-5-/t25-,26?,34+,35+,42?/m1/s1. The molecule has 3 N–H and O–H groups in total. The largest absolute Gasteiger partial charge is 0.491 e. The smallest absolute Gasteiger partial charge is 0.408 e. The maximum Gasteiger partial charge on any atom is 0.408 e. The number of nitrogens with one attached hydrogen (secondary N) is 3. The molecule has 3 heterocycles. The predicted molar refractivity (Wildman–Crippen MR) is 214 cm³/mol. The number of alkyl carbamates (subject to hydrolysis) is 1. The SMILES string of the molecule is COc1c(-c2cccc3c(F)cccc23)cnn(C2C[C@H]3C(=O)NC4(C(=O)NS(=O)(=O)C5CC5)C[C@H]4/C=C\CCCCC[C@H](NC(=O)OC4CCCC4)C(=O)N3C2)c1=O. The minimum absolute atomic E-state index is 0.0775. The zero-order valence-electron chi connectivity index (χ0n) is 32.9. The molecule has 1 saturated heterocycles. The number of benzene rings is 2. The van der Waals surface area contributed by atoms with Crippen LogP contribution in [0.1, 0.15) is 89.5 Å². The van der Waals surface area contributed by atoms with Crippen LogP contribution in [0.4, 0.5) is 9.18 Å². The van der Waals surface area contributed by atoms with Crippen molar-refractivity contribution in [2.24, 2.45) is 5.92 Å². The van der Waals surface area contributed by atoms with Crippen LogP contribution < -0.4 is 25.7 Å². The van der Waals surface area contributed by atoms with E-state index >= 15 is 0 Å². The quantitative estimate of drug-likeness (QED) is 0.274. The van der Waals surface area contributed by atoms with E-state index in [2.05, 4.69) is 20.5 Å². The van der Waals surface area contributed by atoms with Crippen molar-refractivity contribution < 1.29 is 41.5 Å². The van der Waals surface area contributed by atoms with E-state index in [4.69, 9.17) is 9.47 Å². The van der Waals surface area contributed by atoms with Crippen LogP contribution in [0.2, 0.25) is 0 Å². The molecule has 3 aliphatic carbocycles. The van der Waals surface area contributed by atoms with E-state index in [0.29, 0.717) is 47.6 Å². The fourth-order valence-corrected chi connectivity index (χ4v) is 10.3. The molecule has 3 aromatic rings. The molecule has 2 aromatic carbocycles. The van der Waals surface area contributed by atoms with Gasteiger partial charge in [-0.15, -0.1) is 0 Å². The summed E-state index contributed by atoms with van der Waals surface area (Å²) in [6.07, 6.45) is 11.4. The maximum atomic E-state index is 14.8. The van der Waals surface area contributed by atoms with E-state index < -0.39 is 80.0 Å². The van der Waals surface area contributed by atoms with Crippen LogP contribution in [0.3, 0.4) is 0 Å². The number of halogens is 1. The third-order valence-electron chi connectivity index (χ3n) is 12.4. The zero-order chi connectivity index (χ0) is 41.5. The molecule has 0 spiro atoms. The Morgan fingerprint density at radius 2 is 1.69 bits per heavy atom. The average Bonchev–Trinajstić information content (AvgIpc) is 4.08. The van der Waals surface area contributed by atoms with E-state index in [1.165, 1.54) is 24.3 Å². The molecule has 8 rings (SSSR count). The van der Waals surface area contributed by atoms with Gasteiger partial charge in [-0.25, -0.2) is 22.3 Å². The zero-order valence-corrected chi connectivity index (χ0v) is 33.7. The molecule has 2 unspecified atom stereocenters. The number of ether oxygens (including phenoxy) is 2. The molecule has 4 amide bonds. The Kier molecular flexibility index (Phi) is 11.2. The van der Waals surface area contributed by atoms with Gasteiger partial charge in [-0.1, -0.05) is 55.3 Å². The number of allylic oxidation sites excluding steroid dienone is 1. The van der Waals surface area contributed by atoms with Crippen molar-refractivity contribution in [1.82, 2.24) is 30.0 Å². The lowest BCUT2D eigenvalue weighted by atomic mass is 9.99. The van der Waals surface area contributed by atoms with Gasteiger partial charge in [-0.05, 0) is 81.2 Å². The first-order valence-electron chi connectivity index (χ1n) is 20.6. The summed E-state index contributed by atoms with van der Waals surface area (Å²) in [5.74, 6) is -3.13. The molecule has 0 radical (unpaired) electrons. The fourth-order valence-electron chi connectivity index (χ4n) is 8.90. The summed E-state index contributed by atoms with van der Waals surface area (Å²) in [6.45, 7) is -0.166. The Labute approximate surface area is 341 Å². The van der Waals surface area contributed by atoms with Gasteiger partial charge >= 0.3 is 11.7 Å². The van der Waals surface area contributed by atoms with E-state index in [-0.39, 0.29) is 37.7 Å². The lowest BCUT2D eigenvalue weighted by molar-refractivity contribution is -0.141. The predicted octanol–water partition coefficient (Wildman–Crippen LogP) is 4.39. The van der Waals surface area contributed by atoms with Crippen LogP contribution in [-0.4, -0.2) is 89.5 Å². The van der Waals surface area contributed by atoms with Crippen molar-refractivity contribution in [1.29, 1.82) is 0 Å². The summed E-state index contributed by atoms with van der Waals surface area (Å²) in [4.78, 5) is 71.8. The highest BCUT2D eigenvalue weighted by Crippen LogP contribution is 2.46. The summed E-state index contributed by atoms with van der Waals surface area (Å²) in [6, 6.07) is 6.49. The molecule has 5 aliphatic rings. The third-order valence-corrected chi connectivity index (χ3v) is 14.2. The number of fused-ring (bicyclic) bond motifs is 3. The molecular formula is C42H49FN6O9S. The topological polar surface area (TPSA) is 195 Å². The monoisotopic (exact) mass is 832 g/mol. The highest BCUT2D eigenvalue weighted by molar-refractivity contribution is 7.91. The van der Waals surface area contributed by atoms with Gasteiger partial charge in [0, 0.05) is 24.3 Å². The Morgan fingerprint density at radius 3 is 2.46 bits per heavy atom. The van der Waals surface area contributed by atoms with Gasteiger partial charge in [0.25, 0.3) is 5.91 Å². The third kappa shape index (κ3) is 8.17. The highest BCUT2D eigenvalue weighted by atomic mass is 32.2. The Morgan fingerprint density at radius 1 is 0.949 bits per heavy atom. The van der Waals surface area contributed by atoms with Gasteiger partial charge in [0.2, 0.25) is 21.8 Å². The minimum Gasteiger partial charge on any atom is -0.491 e. The van der Waals surface area contributed by atoms with Crippen molar-refractivity contribution in [3.8, 4) is 16.9 Å². The van der Waals surface area contributed by atoms with Gasteiger partial charge in [-0.3, -0.25) is 23.9 Å². The summed E-state index contributed by atoms with van der Waals surface area (Å²) in [5, 5.41) is 10.3. The number of nitrogens with zero attached hydrogens (tertiary/aromatic N) is 3. The molecular weight excluding hydrogens is 784 g/mol. The molecule has 1 aromatic heterocycles. The molecule has 5 atom stereocenters. The average molecular weight is 833 g/mol.